The van der Waals surface area contributed by atoms with Gasteiger partial charge >= 0.3 is 0 Å². The number of hydrogen-bond donors (Lipinski definition) is 0. The van der Waals surface area contributed by atoms with Gasteiger partial charge in [-0.25, -0.2) is 0 Å². The van der Waals surface area contributed by atoms with Gasteiger partial charge < -0.3 is 14.0 Å². The summed E-state index contributed by atoms with van der Waals surface area (Å²) in [4.78, 5) is 4.10. The predicted octanol–water partition coefficient (Wildman–Crippen LogP) is 5.73. The molecular weight excluding hydrogens is 386 g/mol. The normalized spacial score (nSPS) is 10.9. The third kappa shape index (κ3) is 2.89. The van der Waals surface area contributed by atoms with Crippen molar-refractivity contribution in [3.63, 3.8) is 0 Å². The van der Waals surface area contributed by atoms with E-state index in [1.165, 1.54) is 0 Å². The molecular formula is C26H19N3O2. The van der Waals surface area contributed by atoms with Crippen LogP contribution in [0.25, 0.3) is 38.6 Å². The number of pyridine rings is 1. The summed E-state index contributed by atoms with van der Waals surface area (Å²) in [5.41, 5.74) is 5.22. The zero-order chi connectivity index (χ0) is 21.4. The second kappa shape index (κ2) is 7.51. The van der Waals surface area contributed by atoms with Gasteiger partial charge in [-0.3, -0.25) is 4.98 Å². The molecule has 5 aromatic rings. The van der Waals surface area contributed by atoms with Crippen molar-refractivity contribution in [3.8, 4) is 34.4 Å². The molecule has 0 aliphatic carbocycles. The maximum atomic E-state index is 9.70. The monoisotopic (exact) mass is 405 g/mol. The van der Waals surface area contributed by atoms with E-state index in [4.69, 9.17) is 9.47 Å². The van der Waals surface area contributed by atoms with Gasteiger partial charge in [0.15, 0.2) is 0 Å². The summed E-state index contributed by atoms with van der Waals surface area (Å²) in [7, 11) is 3.35. The largest absolute Gasteiger partial charge is 0.495 e. The van der Waals surface area contributed by atoms with Crippen LogP contribution in [0, 0.1) is 11.3 Å². The van der Waals surface area contributed by atoms with Gasteiger partial charge in [0.25, 0.3) is 0 Å². The molecule has 0 atom stereocenters. The molecule has 3 aromatic carbocycles. The predicted molar refractivity (Wildman–Crippen MR) is 122 cm³/mol. The zero-order valence-corrected chi connectivity index (χ0v) is 17.2. The number of fused-ring (bicyclic) bond motifs is 3. The molecule has 2 heterocycles. The topological polar surface area (TPSA) is 60.1 Å². The average Bonchev–Trinajstić information content (AvgIpc) is 3.19. The minimum absolute atomic E-state index is 0.606. The number of methoxy groups -OCH3 is 2. The molecule has 150 valence electrons. The number of para-hydroxylation sites is 2. The molecule has 5 rings (SSSR count). The van der Waals surface area contributed by atoms with Crippen LogP contribution in [0.3, 0.4) is 0 Å². The van der Waals surface area contributed by atoms with E-state index in [9.17, 15) is 5.26 Å². The van der Waals surface area contributed by atoms with Gasteiger partial charge in [0.2, 0.25) is 0 Å². The van der Waals surface area contributed by atoms with Crippen molar-refractivity contribution in [2.75, 3.05) is 14.2 Å². The van der Waals surface area contributed by atoms with Crippen molar-refractivity contribution in [1.29, 1.82) is 5.26 Å². The molecule has 0 saturated heterocycles. The second-order valence-electron chi connectivity index (χ2n) is 7.13. The van der Waals surface area contributed by atoms with Crippen LogP contribution in [-0.2, 0) is 0 Å². The first kappa shape index (κ1) is 18.7. The van der Waals surface area contributed by atoms with Gasteiger partial charge in [0.05, 0.1) is 36.9 Å². The van der Waals surface area contributed by atoms with E-state index in [0.29, 0.717) is 5.56 Å². The summed E-state index contributed by atoms with van der Waals surface area (Å²) < 4.78 is 13.6. The Morgan fingerprint density at radius 3 is 1.97 bits per heavy atom. The number of nitrogens with zero attached hydrogens (tertiary/aromatic N) is 3. The van der Waals surface area contributed by atoms with Crippen molar-refractivity contribution in [3.05, 3.63) is 84.7 Å². The lowest BCUT2D eigenvalue weighted by molar-refractivity contribution is 0.416. The molecule has 0 bridgehead atoms. The molecule has 0 radical (unpaired) electrons. The fraction of sp³-hybridized carbons (Fsp3) is 0.0769. The molecule has 0 fully saturated rings. The van der Waals surface area contributed by atoms with Crippen molar-refractivity contribution < 1.29 is 9.47 Å². The molecule has 0 unspecified atom stereocenters. The number of nitriles is 1. The Hall–Kier alpha value is -4.30. The van der Waals surface area contributed by atoms with Crippen LogP contribution in [0.4, 0.5) is 0 Å². The molecule has 0 N–H and O–H groups in total. The molecule has 0 aliphatic heterocycles. The van der Waals surface area contributed by atoms with E-state index in [0.717, 1.165) is 50.1 Å². The SMILES string of the molecule is COc1cccc2c3cccc(OC)c3n(-c3ccc(C#N)c(-c4ccncc4)c3)c12. The van der Waals surface area contributed by atoms with E-state index in [2.05, 4.69) is 27.8 Å². The van der Waals surface area contributed by atoms with Crippen LogP contribution in [-0.4, -0.2) is 23.8 Å². The lowest BCUT2D eigenvalue weighted by Crippen LogP contribution is -1.99. The number of aromatic nitrogens is 2. The van der Waals surface area contributed by atoms with Crippen LogP contribution in [0.1, 0.15) is 5.56 Å². The van der Waals surface area contributed by atoms with E-state index in [-0.39, 0.29) is 0 Å². The van der Waals surface area contributed by atoms with Crippen molar-refractivity contribution in [1.82, 2.24) is 9.55 Å². The zero-order valence-electron chi connectivity index (χ0n) is 17.2. The highest BCUT2D eigenvalue weighted by Gasteiger charge is 2.19. The second-order valence-corrected chi connectivity index (χ2v) is 7.13. The minimum Gasteiger partial charge on any atom is -0.495 e. The van der Waals surface area contributed by atoms with Crippen molar-refractivity contribution >= 4 is 21.8 Å². The summed E-state index contributed by atoms with van der Waals surface area (Å²) in [5.74, 6) is 1.54. The van der Waals surface area contributed by atoms with Crippen LogP contribution < -0.4 is 9.47 Å². The molecule has 0 aliphatic rings. The average molecular weight is 405 g/mol. The van der Waals surface area contributed by atoms with Crippen LogP contribution in [0.5, 0.6) is 11.5 Å². The van der Waals surface area contributed by atoms with Gasteiger partial charge in [0.1, 0.15) is 11.5 Å². The Bertz CT molecular complexity index is 1400. The van der Waals surface area contributed by atoms with Gasteiger partial charge in [-0.15, -0.1) is 0 Å². The summed E-state index contributed by atoms with van der Waals surface area (Å²) in [5, 5.41) is 11.8. The molecule has 0 amide bonds. The van der Waals surface area contributed by atoms with Gasteiger partial charge in [-0.2, -0.15) is 5.26 Å². The minimum atomic E-state index is 0.606. The highest BCUT2D eigenvalue weighted by atomic mass is 16.5. The first-order valence-corrected chi connectivity index (χ1v) is 9.86. The number of ether oxygens (including phenoxy) is 2. The van der Waals surface area contributed by atoms with Crippen LogP contribution >= 0.6 is 0 Å². The first-order chi connectivity index (χ1) is 15.3. The molecule has 5 nitrogen and oxygen atoms in total. The number of benzene rings is 3. The Morgan fingerprint density at radius 1 is 0.806 bits per heavy atom. The summed E-state index contributed by atoms with van der Waals surface area (Å²) in [6.45, 7) is 0. The molecule has 5 heteroatoms. The van der Waals surface area contributed by atoms with Gasteiger partial charge in [-0.1, -0.05) is 24.3 Å². The first-order valence-electron chi connectivity index (χ1n) is 9.86. The third-order valence-electron chi connectivity index (χ3n) is 5.55. The molecule has 0 spiro atoms. The standard InChI is InChI=1S/C26H19N3O2/c1-30-23-7-3-5-20-21-6-4-8-24(31-2)26(21)29(25(20)23)19-10-9-18(16-27)22(15-19)17-11-13-28-14-12-17/h3-15H,1-2H3. The fourth-order valence-electron chi connectivity index (χ4n) is 4.18. The third-order valence-corrected chi connectivity index (χ3v) is 5.55. The number of rotatable bonds is 4. The van der Waals surface area contributed by atoms with Crippen molar-refractivity contribution in [2.45, 2.75) is 0 Å². The van der Waals surface area contributed by atoms with Crippen LogP contribution in [0.15, 0.2) is 79.1 Å². The van der Waals surface area contributed by atoms with Crippen molar-refractivity contribution in [2.24, 2.45) is 0 Å². The lowest BCUT2D eigenvalue weighted by Gasteiger charge is -2.14. The summed E-state index contributed by atoms with van der Waals surface area (Å²) >= 11 is 0. The van der Waals surface area contributed by atoms with E-state index >= 15 is 0 Å². The van der Waals surface area contributed by atoms with Gasteiger partial charge in [-0.05, 0) is 48.0 Å². The maximum absolute atomic E-state index is 9.70. The Labute approximate surface area is 179 Å². The molecule has 0 saturated carbocycles. The van der Waals surface area contributed by atoms with E-state index in [1.54, 1.807) is 26.6 Å². The maximum Gasteiger partial charge on any atom is 0.143 e. The Balaban J connectivity index is 1.92. The molecule has 31 heavy (non-hydrogen) atoms. The quantitative estimate of drug-likeness (QED) is 0.383. The Kier molecular flexibility index (Phi) is 4.53. The fourth-order valence-corrected chi connectivity index (χ4v) is 4.18. The van der Waals surface area contributed by atoms with E-state index in [1.807, 2.05) is 54.6 Å². The van der Waals surface area contributed by atoms with Gasteiger partial charge in [0, 0.05) is 34.4 Å². The number of hydrogen-bond acceptors (Lipinski definition) is 4. The highest BCUT2D eigenvalue weighted by molar-refractivity contribution is 6.13. The Morgan fingerprint density at radius 2 is 1.42 bits per heavy atom. The lowest BCUT2D eigenvalue weighted by atomic mass is 10.0. The highest BCUT2D eigenvalue weighted by Crippen LogP contribution is 2.41. The smallest absolute Gasteiger partial charge is 0.143 e. The molecule has 2 aromatic heterocycles. The van der Waals surface area contributed by atoms with E-state index < -0.39 is 0 Å². The summed E-state index contributed by atoms with van der Waals surface area (Å²) in [6.07, 6.45) is 3.46. The summed E-state index contributed by atoms with van der Waals surface area (Å²) in [6, 6.07) is 24.0. The van der Waals surface area contributed by atoms with Crippen LogP contribution in [0.2, 0.25) is 0 Å².